The van der Waals surface area contributed by atoms with Crippen LogP contribution in [0.15, 0.2) is 47.0 Å². The van der Waals surface area contributed by atoms with E-state index in [2.05, 4.69) is 34.3 Å². The van der Waals surface area contributed by atoms with E-state index in [1.54, 1.807) is 7.11 Å². The molecule has 0 radical (unpaired) electrons. The lowest BCUT2D eigenvalue weighted by Crippen LogP contribution is -2.02. The summed E-state index contributed by atoms with van der Waals surface area (Å²) in [7, 11) is 1.63. The smallest absolute Gasteiger partial charge is 0.258 e. The molecule has 0 amide bonds. The number of ether oxygens (including phenoxy) is 1. The molecule has 2 heterocycles. The number of aromatic nitrogens is 5. The summed E-state index contributed by atoms with van der Waals surface area (Å²) in [5.74, 6) is 1.78. The Morgan fingerprint density at radius 2 is 1.80 bits per heavy atom. The fraction of sp³-hybridized carbons (Fsp3) is 0.222. The van der Waals surface area contributed by atoms with Crippen molar-refractivity contribution in [2.45, 2.75) is 19.9 Å². The van der Waals surface area contributed by atoms with E-state index in [4.69, 9.17) is 9.26 Å². The maximum atomic E-state index is 5.41. The van der Waals surface area contributed by atoms with E-state index in [1.165, 1.54) is 0 Å². The third kappa shape index (κ3) is 2.73. The summed E-state index contributed by atoms with van der Waals surface area (Å²) < 4.78 is 12.5. The first-order valence-corrected chi connectivity index (χ1v) is 7.99. The van der Waals surface area contributed by atoms with E-state index >= 15 is 0 Å². The van der Waals surface area contributed by atoms with Crippen molar-refractivity contribution in [3.05, 3.63) is 42.5 Å². The highest BCUT2D eigenvalue weighted by Crippen LogP contribution is 2.26. The molecule has 126 valence electrons. The molecule has 0 aliphatic rings. The van der Waals surface area contributed by atoms with Gasteiger partial charge in [-0.15, -0.1) is 5.10 Å². The molecular weight excluding hydrogens is 318 g/mol. The molecule has 7 nitrogen and oxygen atoms in total. The van der Waals surface area contributed by atoms with Gasteiger partial charge in [0.2, 0.25) is 5.82 Å². The molecule has 4 rings (SSSR count). The van der Waals surface area contributed by atoms with Gasteiger partial charge >= 0.3 is 0 Å². The van der Waals surface area contributed by atoms with Crippen LogP contribution in [0.2, 0.25) is 0 Å². The Labute approximate surface area is 144 Å². The zero-order chi connectivity index (χ0) is 17.4. The molecule has 0 atom stereocenters. The predicted octanol–water partition coefficient (Wildman–Crippen LogP) is 3.74. The Morgan fingerprint density at radius 3 is 2.52 bits per heavy atom. The number of fused-ring (bicyclic) bond motifs is 1. The van der Waals surface area contributed by atoms with Crippen molar-refractivity contribution in [2.24, 2.45) is 0 Å². The van der Waals surface area contributed by atoms with E-state index in [-0.39, 0.29) is 6.04 Å². The molecule has 0 saturated carbocycles. The lowest BCUT2D eigenvalue weighted by molar-refractivity contribution is 0.414. The van der Waals surface area contributed by atoms with Crippen molar-refractivity contribution in [3.63, 3.8) is 0 Å². The summed E-state index contributed by atoms with van der Waals surface area (Å²) in [6, 6.07) is 13.5. The number of nitrogens with zero attached hydrogens (tertiary/aromatic N) is 5. The van der Waals surface area contributed by atoms with E-state index in [0.717, 1.165) is 27.9 Å². The molecular formula is C18H17N5O2. The lowest BCUT2D eigenvalue weighted by atomic mass is 10.2. The molecule has 0 aliphatic heterocycles. The maximum absolute atomic E-state index is 5.41. The average molecular weight is 335 g/mol. The molecule has 0 unspecified atom stereocenters. The number of rotatable bonds is 4. The summed E-state index contributed by atoms with van der Waals surface area (Å²) in [4.78, 5) is 4.50. The van der Waals surface area contributed by atoms with Gasteiger partial charge in [0.15, 0.2) is 0 Å². The van der Waals surface area contributed by atoms with Crippen LogP contribution in [0.25, 0.3) is 33.9 Å². The highest BCUT2D eigenvalue weighted by molar-refractivity contribution is 5.80. The third-order valence-electron chi connectivity index (χ3n) is 3.98. The maximum Gasteiger partial charge on any atom is 0.258 e. The van der Waals surface area contributed by atoms with E-state index in [0.29, 0.717) is 11.7 Å². The van der Waals surface area contributed by atoms with Crippen LogP contribution in [-0.2, 0) is 0 Å². The van der Waals surface area contributed by atoms with Crippen molar-refractivity contribution >= 4 is 11.0 Å². The lowest BCUT2D eigenvalue weighted by Gasteiger charge is -2.05. The van der Waals surface area contributed by atoms with Crippen LogP contribution in [0, 0.1) is 0 Å². The van der Waals surface area contributed by atoms with Crippen LogP contribution in [0.5, 0.6) is 5.75 Å². The first-order valence-electron chi connectivity index (χ1n) is 7.99. The van der Waals surface area contributed by atoms with Crippen molar-refractivity contribution < 1.29 is 9.26 Å². The predicted molar refractivity (Wildman–Crippen MR) is 93.2 cm³/mol. The molecule has 0 aliphatic carbocycles. The van der Waals surface area contributed by atoms with Gasteiger partial charge in [0.25, 0.3) is 5.89 Å². The van der Waals surface area contributed by atoms with Crippen molar-refractivity contribution in [1.82, 2.24) is 25.1 Å². The molecule has 2 aromatic carbocycles. The number of hydrogen-bond acceptors (Lipinski definition) is 6. The fourth-order valence-corrected chi connectivity index (χ4v) is 2.65. The Bertz CT molecular complexity index is 1020. The molecule has 4 aromatic rings. The standard InChI is InChI=1S/C18H17N5O2/c1-11(2)23-16-10-13(6-9-15(16)20-22-23)17-19-18(25-21-17)12-4-7-14(24-3)8-5-12/h4-11H,1-3H3. The minimum atomic E-state index is 0.223. The van der Waals surface area contributed by atoms with E-state index in [9.17, 15) is 0 Å². The summed E-state index contributed by atoms with van der Waals surface area (Å²) in [6.45, 7) is 4.13. The van der Waals surface area contributed by atoms with Gasteiger partial charge < -0.3 is 9.26 Å². The third-order valence-corrected chi connectivity index (χ3v) is 3.98. The number of hydrogen-bond donors (Lipinski definition) is 0. The van der Waals surface area contributed by atoms with Gasteiger partial charge in [-0.3, -0.25) is 0 Å². The normalized spacial score (nSPS) is 11.4. The Morgan fingerprint density at radius 1 is 1.04 bits per heavy atom. The van der Waals surface area contributed by atoms with E-state index in [1.807, 2.05) is 47.1 Å². The average Bonchev–Trinajstić information content (AvgIpc) is 3.28. The van der Waals surface area contributed by atoms with E-state index < -0.39 is 0 Å². The molecule has 0 N–H and O–H groups in total. The van der Waals surface area contributed by atoms with Crippen molar-refractivity contribution in [3.8, 4) is 28.6 Å². The van der Waals surface area contributed by atoms with Gasteiger partial charge in [-0.1, -0.05) is 10.4 Å². The van der Waals surface area contributed by atoms with Crippen LogP contribution in [0.1, 0.15) is 19.9 Å². The Balaban J connectivity index is 1.71. The topological polar surface area (TPSA) is 78.9 Å². The molecule has 25 heavy (non-hydrogen) atoms. The molecule has 0 bridgehead atoms. The monoisotopic (exact) mass is 335 g/mol. The minimum Gasteiger partial charge on any atom is -0.497 e. The van der Waals surface area contributed by atoms with Gasteiger partial charge in [-0.2, -0.15) is 4.98 Å². The van der Waals surface area contributed by atoms with Gasteiger partial charge in [0.1, 0.15) is 11.3 Å². The first-order chi connectivity index (χ1) is 12.2. The quantitative estimate of drug-likeness (QED) is 0.565. The first kappa shape index (κ1) is 15.3. The molecule has 7 heteroatoms. The molecule has 0 fully saturated rings. The highest BCUT2D eigenvalue weighted by Gasteiger charge is 2.14. The van der Waals surface area contributed by atoms with Crippen molar-refractivity contribution in [2.75, 3.05) is 7.11 Å². The van der Waals surface area contributed by atoms with Crippen LogP contribution in [-0.4, -0.2) is 32.2 Å². The molecule has 0 saturated heterocycles. The zero-order valence-electron chi connectivity index (χ0n) is 14.2. The second-order valence-corrected chi connectivity index (χ2v) is 5.98. The van der Waals surface area contributed by atoms with Gasteiger partial charge in [0.05, 0.1) is 12.6 Å². The molecule has 2 aromatic heterocycles. The highest BCUT2D eigenvalue weighted by atomic mass is 16.5. The Hall–Kier alpha value is -3.22. The second kappa shape index (κ2) is 6.01. The van der Waals surface area contributed by atoms with Crippen LogP contribution in [0.3, 0.4) is 0 Å². The number of methoxy groups -OCH3 is 1. The van der Waals surface area contributed by atoms with Crippen LogP contribution < -0.4 is 4.74 Å². The summed E-state index contributed by atoms with van der Waals surface area (Å²) in [6.07, 6.45) is 0. The van der Waals surface area contributed by atoms with Crippen molar-refractivity contribution in [1.29, 1.82) is 0 Å². The second-order valence-electron chi connectivity index (χ2n) is 5.98. The summed E-state index contributed by atoms with van der Waals surface area (Å²) in [5, 5.41) is 12.5. The number of benzene rings is 2. The largest absolute Gasteiger partial charge is 0.497 e. The summed E-state index contributed by atoms with van der Waals surface area (Å²) in [5.41, 5.74) is 3.49. The fourth-order valence-electron chi connectivity index (χ4n) is 2.65. The Kier molecular flexibility index (Phi) is 3.68. The minimum absolute atomic E-state index is 0.223. The summed E-state index contributed by atoms with van der Waals surface area (Å²) >= 11 is 0. The SMILES string of the molecule is COc1ccc(-c2nc(-c3ccc4nnn(C(C)C)c4c3)no2)cc1. The zero-order valence-corrected chi connectivity index (χ0v) is 14.2. The van der Waals surface area contributed by atoms with Gasteiger partial charge in [0, 0.05) is 17.2 Å². The van der Waals surface area contributed by atoms with Crippen LogP contribution in [0.4, 0.5) is 0 Å². The molecule has 0 spiro atoms. The van der Waals surface area contributed by atoms with Gasteiger partial charge in [-0.25, -0.2) is 4.68 Å². The van der Waals surface area contributed by atoms with Crippen LogP contribution >= 0.6 is 0 Å². The van der Waals surface area contributed by atoms with Gasteiger partial charge in [-0.05, 0) is 56.3 Å².